The van der Waals surface area contributed by atoms with Crippen molar-refractivity contribution in [3.63, 3.8) is 0 Å². The first-order valence-corrected chi connectivity index (χ1v) is 7.99. The highest BCUT2D eigenvalue weighted by Gasteiger charge is 2.80. The minimum Gasteiger partial charge on any atom is -0.497 e. The number of methoxy groups -OCH3 is 1. The number of rotatable bonds is 3. The molecule has 4 fully saturated rings. The molecule has 0 aromatic heterocycles. The van der Waals surface area contributed by atoms with E-state index in [1.807, 2.05) is 0 Å². The highest BCUT2D eigenvalue weighted by atomic mass is 16.7. The van der Waals surface area contributed by atoms with E-state index in [0.29, 0.717) is 24.5 Å². The van der Waals surface area contributed by atoms with Crippen LogP contribution in [0.1, 0.15) is 16.8 Å². The van der Waals surface area contributed by atoms with Gasteiger partial charge in [0.25, 0.3) is 0 Å². The van der Waals surface area contributed by atoms with E-state index in [2.05, 4.69) is 0 Å². The van der Waals surface area contributed by atoms with Crippen molar-refractivity contribution in [1.82, 2.24) is 0 Å². The summed E-state index contributed by atoms with van der Waals surface area (Å²) in [6, 6.07) is 6.95. The van der Waals surface area contributed by atoms with Crippen LogP contribution in [0, 0.1) is 11.8 Å². The summed E-state index contributed by atoms with van der Waals surface area (Å²) in [5, 5.41) is 0. The van der Waals surface area contributed by atoms with E-state index in [1.54, 1.807) is 31.4 Å². The van der Waals surface area contributed by atoms with E-state index in [0.717, 1.165) is 6.42 Å². The minimum absolute atomic E-state index is 0.0496. The Bertz CT molecular complexity index is 643. The highest BCUT2D eigenvalue weighted by molar-refractivity contribution is 5.89. The van der Waals surface area contributed by atoms with Crippen molar-refractivity contribution >= 4 is 5.97 Å². The van der Waals surface area contributed by atoms with Crippen molar-refractivity contribution < 1.29 is 28.5 Å². The highest BCUT2D eigenvalue weighted by Crippen LogP contribution is 2.64. The second kappa shape index (κ2) is 4.69. The monoisotopic (exact) mass is 318 g/mol. The van der Waals surface area contributed by atoms with Crippen LogP contribution in [0.3, 0.4) is 0 Å². The summed E-state index contributed by atoms with van der Waals surface area (Å²) in [6.07, 6.45) is 0.423. The fraction of sp³-hybridized carbons (Fsp3) is 0.588. The Labute approximate surface area is 133 Å². The Morgan fingerprint density at radius 3 is 2.87 bits per heavy atom. The molecule has 6 nitrogen and oxygen atoms in total. The average Bonchev–Trinajstić information content (AvgIpc) is 3.10. The SMILES string of the molecule is COc1ccc(C(=O)OC2C3CCOC4OCC5(OC25)C43)cc1. The summed E-state index contributed by atoms with van der Waals surface area (Å²) in [7, 11) is 1.60. The smallest absolute Gasteiger partial charge is 0.338 e. The number of hydrogen-bond donors (Lipinski definition) is 0. The lowest BCUT2D eigenvalue weighted by Crippen LogP contribution is -2.41. The number of ether oxygens (including phenoxy) is 5. The van der Waals surface area contributed by atoms with Crippen molar-refractivity contribution in [2.24, 2.45) is 11.8 Å². The maximum absolute atomic E-state index is 12.5. The van der Waals surface area contributed by atoms with Gasteiger partial charge < -0.3 is 23.7 Å². The molecule has 0 amide bonds. The largest absolute Gasteiger partial charge is 0.497 e. The molecule has 3 aliphatic heterocycles. The number of carbonyl (C=O) groups excluding carboxylic acids is 1. The molecule has 1 aromatic rings. The molecule has 6 heteroatoms. The Morgan fingerprint density at radius 1 is 1.26 bits per heavy atom. The number of esters is 1. The van der Waals surface area contributed by atoms with Crippen LogP contribution in [0.2, 0.25) is 0 Å². The summed E-state index contributed by atoms with van der Waals surface area (Å²) in [5.41, 5.74) is 0.248. The van der Waals surface area contributed by atoms with Gasteiger partial charge in [-0.3, -0.25) is 0 Å². The van der Waals surface area contributed by atoms with Crippen molar-refractivity contribution in [2.75, 3.05) is 20.3 Å². The van der Waals surface area contributed by atoms with Crippen molar-refractivity contribution in [1.29, 1.82) is 0 Å². The van der Waals surface area contributed by atoms with Crippen LogP contribution in [-0.4, -0.2) is 50.4 Å². The fourth-order valence-corrected chi connectivity index (χ4v) is 4.45. The average molecular weight is 318 g/mol. The zero-order valence-electron chi connectivity index (χ0n) is 12.8. The molecule has 0 bridgehead atoms. The van der Waals surface area contributed by atoms with Crippen LogP contribution < -0.4 is 4.74 Å². The maximum Gasteiger partial charge on any atom is 0.338 e. The molecule has 1 saturated carbocycles. The fourth-order valence-electron chi connectivity index (χ4n) is 4.45. The molecule has 3 saturated heterocycles. The lowest BCUT2D eigenvalue weighted by molar-refractivity contribution is -0.179. The molecular weight excluding hydrogens is 300 g/mol. The van der Waals surface area contributed by atoms with Crippen LogP contribution in [-0.2, 0) is 18.9 Å². The van der Waals surface area contributed by atoms with Gasteiger partial charge in [0.1, 0.15) is 23.6 Å². The van der Waals surface area contributed by atoms with Crippen LogP contribution >= 0.6 is 0 Å². The van der Waals surface area contributed by atoms with Crippen molar-refractivity contribution in [2.45, 2.75) is 30.5 Å². The lowest BCUT2D eigenvalue weighted by atomic mass is 9.85. The van der Waals surface area contributed by atoms with E-state index >= 15 is 0 Å². The van der Waals surface area contributed by atoms with Gasteiger partial charge in [-0.15, -0.1) is 0 Å². The predicted molar refractivity (Wildman–Crippen MR) is 77.1 cm³/mol. The van der Waals surface area contributed by atoms with Crippen molar-refractivity contribution in [3.8, 4) is 5.75 Å². The molecular formula is C17H18O6. The van der Waals surface area contributed by atoms with Gasteiger partial charge in [-0.1, -0.05) is 0 Å². The number of carbonyl (C=O) groups is 1. The zero-order valence-corrected chi connectivity index (χ0v) is 12.8. The van der Waals surface area contributed by atoms with Gasteiger partial charge in [0.05, 0.1) is 31.8 Å². The maximum atomic E-state index is 12.5. The first-order chi connectivity index (χ1) is 11.2. The number of hydrogen-bond acceptors (Lipinski definition) is 6. The second-order valence-electron chi connectivity index (χ2n) is 6.62. The van der Waals surface area contributed by atoms with Crippen molar-refractivity contribution in [3.05, 3.63) is 29.8 Å². The van der Waals surface area contributed by atoms with Gasteiger partial charge in [0.15, 0.2) is 6.29 Å². The Morgan fingerprint density at radius 2 is 2.09 bits per heavy atom. The van der Waals surface area contributed by atoms with Gasteiger partial charge in [-0.25, -0.2) is 4.79 Å². The number of benzene rings is 1. The third kappa shape index (κ3) is 1.83. The Kier molecular flexibility index (Phi) is 2.81. The second-order valence-corrected chi connectivity index (χ2v) is 6.62. The molecule has 0 N–H and O–H groups in total. The summed E-state index contributed by atoms with van der Waals surface area (Å²) in [5.74, 6) is 0.852. The molecule has 3 heterocycles. The molecule has 4 aliphatic rings. The molecule has 1 aromatic carbocycles. The molecule has 1 aliphatic carbocycles. The van der Waals surface area contributed by atoms with E-state index in [9.17, 15) is 4.79 Å². The summed E-state index contributed by atoms with van der Waals surface area (Å²) in [4.78, 5) is 12.5. The Balaban J connectivity index is 1.35. The standard InChI is InChI=1S/C17H18O6/c1-19-10-4-2-9(3-5-10)15(18)22-13-11-6-7-20-16-12(11)17(8-21-16)14(13)23-17/h2-5,11-14,16H,6-8H2,1H3. The molecule has 23 heavy (non-hydrogen) atoms. The minimum atomic E-state index is -0.313. The third-order valence-corrected chi connectivity index (χ3v) is 5.59. The topological polar surface area (TPSA) is 66.5 Å². The molecule has 6 atom stereocenters. The van der Waals surface area contributed by atoms with Gasteiger partial charge >= 0.3 is 5.97 Å². The van der Waals surface area contributed by atoms with Crippen LogP contribution in [0.15, 0.2) is 24.3 Å². The number of epoxide rings is 1. The summed E-state index contributed by atoms with van der Waals surface area (Å²) < 4.78 is 28.2. The van der Waals surface area contributed by atoms with Crippen LogP contribution in [0.4, 0.5) is 0 Å². The first kappa shape index (κ1) is 13.8. The summed E-state index contributed by atoms with van der Waals surface area (Å²) >= 11 is 0. The normalized spacial score (nSPS) is 42.7. The van der Waals surface area contributed by atoms with Gasteiger partial charge in [0.2, 0.25) is 0 Å². The molecule has 122 valence electrons. The van der Waals surface area contributed by atoms with Gasteiger partial charge in [-0.05, 0) is 30.7 Å². The summed E-state index contributed by atoms with van der Waals surface area (Å²) in [6.45, 7) is 1.19. The van der Waals surface area contributed by atoms with E-state index < -0.39 is 0 Å². The van der Waals surface area contributed by atoms with Crippen LogP contribution in [0.5, 0.6) is 5.75 Å². The predicted octanol–water partition coefficient (Wildman–Crippen LogP) is 1.38. The Hall–Kier alpha value is -1.63. The third-order valence-electron chi connectivity index (χ3n) is 5.59. The molecule has 0 radical (unpaired) electrons. The van der Waals surface area contributed by atoms with Gasteiger partial charge in [0, 0.05) is 5.92 Å². The lowest BCUT2D eigenvalue weighted by Gasteiger charge is -2.34. The van der Waals surface area contributed by atoms with E-state index in [1.165, 1.54) is 0 Å². The van der Waals surface area contributed by atoms with E-state index in [-0.39, 0.29) is 41.9 Å². The van der Waals surface area contributed by atoms with E-state index in [4.69, 9.17) is 23.7 Å². The molecule has 5 rings (SSSR count). The van der Waals surface area contributed by atoms with Gasteiger partial charge in [-0.2, -0.15) is 0 Å². The van der Waals surface area contributed by atoms with Crippen LogP contribution in [0.25, 0.3) is 0 Å². The quantitative estimate of drug-likeness (QED) is 0.620. The zero-order chi connectivity index (χ0) is 15.6. The first-order valence-electron chi connectivity index (χ1n) is 7.99. The molecule has 6 unspecified atom stereocenters. The molecule has 1 spiro atoms.